The standard InChI is InChI=1S/C30H29FN6O2/c1-20-19-36(28-17-24(31)4-5-26(20)28)29-7-8-30(39)37(33-29)10-9-22-3-6-27-23(15-22)16-25(18-32-27)35-13-11-34(12-14-35)21(2)38/h3-8,15-19H,9-14H2,1-2H3. The van der Waals surface area contributed by atoms with Crippen molar-refractivity contribution in [3.63, 3.8) is 0 Å². The number of rotatable bonds is 5. The van der Waals surface area contributed by atoms with E-state index >= 15 is 0 Å². The van der Waals surface area contributed by atoms with Crippen LogP contribution in [0.1, 0.15) is 18.1 Å². The van der Waals surface area contributed by atoms with Crippen LogP contribution in [-0.4, -0.2) is 56.3 Å². The number of aryl methyl sites for hydroxylation is 3. The molecule has 0 atom stereocenters. The fourth-order valence-corrected chi connectivity index (χ4v) is 5.30. The van der Waals surface area contributed by atoms with E-state index in [-0.39, 0.29) is 17.3 Å². The maximum Gasteiger partial charge on any atom is 0.266 e. The number of halogens is 1. The van der Waals surface area contributed by atoms with Crippen molar-refractivity contribution in [2.75, 3.05) is 31.1 Å². The Morgan fingerprint density at radius 2 is 1.82 bits per heavy atom. The third-order valence-corrected chi connectivity index (χ3v) is 7.50. The van der Waals surface area contributed by atoms with Gasteiger partial charge in [-0.1, -0.05) is 6.07 Å². The number of carbonyl (C=O) groups excluding carboxylic acids is 1. The molecule has 5 aromatic rings. The first-order valence-electron chi connectivity index (χ1n) is 13.1. The van der Waals surface area contributed by atoms with Crippen molar-refractivity contribution in [2.24, 2.45) is 0 Å². The first kappa shape index (κ1) is 24.8. The molecule has 1 fully saturated rings. The van der Waals surface area contributed by atoms with Gasteiger partial charge in [0, 0.05) is 62.7 Å². The van der Waals surface area contributed by atoms with Gasteiger partial charge in [-0.3, -0.25) is 19.1 Å². The molecule has 39 heavy (non-hydrogen) atoms. The second-order valence-corrected chi connectivity index (χ2v) is 10.1. The van der Waals surface area contributed by atoms with E-state index in [1.54, 1.807) is 19.1 Å². The van der Waals surface area contributed by atoms with E-state index in [1.807, 2.05) is 40.9 Å². The lowest BCUT2D eigenvalue weighted by molar-refractivity contribution is -0.129. The second kappa shape index (κ2) is 9.98. The van der Waals surface area contributed by atoms with E-state index in [0.29, 0.717) is 37.4 Å². The Labute approximate surface area is 224 Å². The fraction of sp³-hybridized carbons (Fsp3) is 0.267. The third kappa shape index (κ3) is 4.87. The van der Waals surface area contributed by atoms with Crippen molar-refractivity contribution in [2.45, 2.75) is 26.8 Å². The molecule has 8 nitrogen and oxygen atoms in total. The summed E-state index contributed by atoms with van der Waals surface area (Å²) in [6, 6.07) is 16.1. The van der Waals surface area contributed by atoms with Gasteiger partial charge in [0.25, 0.3) is 5.56 Å². The topological polar surface area (TPSA) is 76.3 Å². The van der Waals surface area contributed by atoms with E-state index in [1.165, 1.54) is 22.9 Å². The molecular formula is C30H29FN6O2. The monoisotopic (exact) mass is 524 g/mol. The van der Waals surface area contributed by atoms with Crippen LogP contribution in [-0.2, 0) is 17.8 Å². The molecule has 0 bridgehead atoms. The van der Waals surface area contributed by atoms with Crippen LogP contribution >= 0.6 is 0 Å². The first-order valence-corrected chi connectivity index (χ1v) is 13.1. The number of piperazine rings is 1. The van der Waals surface area contributed by atoms with E-state index in [4.69, 9.17) is 0 Å². The molecule has 1 saturated heterocycles. The minimum atomic E-state index is -0.317. The molecule has 0 spiro atoms. The Hall–Kier alpha value is -4.53. The summed E-state index contributed by atoms with van der Waals surface area (Å²) >= 11 is 0. The summed E-state index contributed by atoms with van der Waals surface area (Å²) in [5.41, 5.74) is 4.56. The lowest BCUT2D eigenvalue weighted by Crippen LogP contribution is -2.48. The SMILES string of the molecule is CC(=O)N1CCN(c2cnc3ccc(CCn4nc(-n5cc(C)c6ccc(F)cc65)ccc4=O)cc3c2)CC1. The molecule has 9 heteroatoms. The average molecular weight is 525 g/mol. The Bertz CT molecular complexity index is 1770. The molecule has 1 aliphatic heterocycles. The van der Waals surface area contributed by atoms with Crippen molar-refractivity contribution in [1.82, 2.24) is 24.2 Å². The largest absolute Gasteiger partial charge is 0.367 e. The smallest absolute Gasteiger partial charge is 0.266 e. The van der Waals surface area contributed by atoms with Crippen LogP contribution in [0.5, 0.6) is 0 Å². The lowest BCUT2D eigenvalue weighted by atomic mass is 10.1. The summed E-state index contributed by atoms with van der Waals surface area (Å²) in [6.07, 6.45) is 4.42. The van der Waals surface area contributed by atoms with Gasteiger partial charge in [0.1, 0.15) is 5.82 Å². The number of benzene rings is 2. The van der Waals surface area contributed by atoms with Gasteiger partial charge < -0.3 is 9.80 Å². The van der Waals surface area contributed by atoms with Crippen LogP contribution < -0.4 is 10.5 Å². The Morgan fingerprint density at radius 1 is 1.00 bits per heavy atom. The van der Waals surface area contributed by atoms with Gasteiger partial charge in [0.05, 0.1) is 22.9 Å². The quantitative estimate of drug-likeness (QED) is 0.346. The molecule has 3 aromatic heterocycles. The Balaban J connectivity index is 1.22. The highest BCUT2D eigenvalue weighted by Crippen LogP contribution is 2.25. The zero-order chi connectivity index (χ0) is 27.1. The van der Waals surface area contributed by atoms with Crippen molar-refractivity contribution in [3.05, 3.63) is 94.3 Å². The molecule has 2 aromatic carbocycles. The van der Waals surface area contributed by atoms with E-state index in [2.05, 4.69) is 27.1 Å². The van der Waals surface area contributed by atoms with Gasteiger partial charge in [-0.05, 0) is 66.9 Å². The van der Waals surface area contributed by atoms with Crippen LogP contribution in [0.4, 0.5) is 10.1 Å². The summed E-state index contributed by atoms with van der Waals surface area (Å²) in [5, 5.41) is 6.58. The van der Waals surface area contributed by atoms with Crippen LogP contribution in [0.2, 0.25) is 0 Å². The summed E-state index contributed by atoms with van der Waals surface area (Å²) in [5.74, 6) is 0.360. The number of amides is 1. The molecule has 1 aliphatic rings. The van der Waals surface area contributed by atoms with E-state index < -0.39 is 0 Å². The van der Waals surface area contributed by atoms with Gasteiger partial charge in [-0.15, -0.1) is 0 Å². The Morgan fingerprint density at radius 3 is 2.62 bits per heavy atom. The lowest BCUT2D eigenvalue weighted by Gasteiger charge is -2.35. The van der Waals surface area contributed by atoms with Crippen molar-refractivity contribution in [3.8, 4) is 5.82 Å². The predicted molar refractivity (Wildman–Crippen MR) is 150 cm³/mol. The van der Waals surface area contributed by atoms with Crippen molar-refractivity contribution < 1.29 is 9.18 Å². The van der Waals surface area contributed by atoms with E-state index in [0.717, 1.165) is 46.2 Å². The highest BCUT2D eigenvalue weighted by atomic mass is 19.1. The highest BCUT2D eigenvalue weighted by molar-refractivity contribution is 5.85. The number of hydrogen-bond acceptors (Lipinski definition) is 5. The summed E-state index contributed by atoms with van der Waals surface area (Å²) in [7, 11) is 0. The molecular weight excluding hydrogens is 495 g/mol. The van der Waals surface area contributed by atoms with Gasteiger partial charge in [-0.2, -0.15) is 5.10 Å². The minimum absolute atomic E-state index is 0.112. The average Bonchev–Trinajstić information content (AvgIpc) is 3.27. The van der Waals surface area contributed by atoms with Crippen molar-refractivity contribution in [1.29, 1.82) is 0 Å². The van der Waals surface area contributed by atoms with Crippen molar-refractivity contribution >= 4 is 33.4 Å². The maximum absolute atomic E-state index is 14.0. The van der Waals surface area contributed by atoms with Crippen LogP contribution in [0.3, 0.4) is 0 Å². The highest BCUT2D eigenvalue weighted by Gasteiger charge is 2.19. The fourth-order valence-electron chi connectivity index (χ4n) is 5.30. The number of anilines is 1. The molecule has 0 aliphatic carbocycles. The molecule has 0 N–H and O–H groups in total. The van der Waals surface area contributed by atoms with Crippen LogP contribution in [0, 0.1) is 12.7 Å². The number of hydrogen-bond donors (Lipinski definition) is 0. The maximum atomic E-state index is 14.0. The number of fused-ring (bicyclic) bond motifs is 2. The summed E-state index contributed by atoms with van der Waals surface area (Å²) in [6.45, 7) is 6.96. The van der Waals surface area contributed by atoms with E-state index in [9.17, 15) is 14.0 Å². The van der Waals surface area contributed by atoms with Gasteiger partial charge >= 0.3 is 0 Å². The zero-order valence-electron chi connectivity index (χ0n) is 22.0. The normalized spacial score (nSPS) is 13.9. The summed E-state index contributed by atoms with van der Waals surface area (Å²) in [4.78, 5) is 33.1. The first-order chi connectivity index (χ1) is 18.9. The number of pyridine rings is 1. The number of nitrogens with zero attached hydrogens (tertiary/aromatic N) is 6. The second-order valence-electron chi connectivity index (χ2n) is 10.1. The van der Waals surface area contributed by atoms with Gasteiger partial charge in [0.2, 0.25) is 5.91 Å². The molecule has 0 unspecified atom stereocenters. The molecule has 0 saturated carbocycles. The molecule has 6 rings (SSSR count). The van der Waals surface area contributed by atoms with Gasteiger partial charge in [-0.25, -0.2) is 9.07 Å². The number of aromatic nitrogens is 4. The van der Waals surface area contributed by atoms with Crippen LogP contribution in [0.25, 0.3) is 27.6 Å². The molecule has 0 radical (unpaired) electrons. The molecule has 4 heterocycles. The Kier molecular flexibility index (Phi) is 6.34. The van der Waals surface area contributed by atoms with Crippen LogP contribution in [0.15, 0.2) is 71.8 Å². The number of carbonyl (C=O) groups is 1. The minimum Gasteiger partial charge on any atom is -0.367 e. The predicted octanol–water partition coefficient (Wildman–Crippen LogP) is 4.09. The molecule has 1 amide bonds. The third-order valence-electron chi connectivity index (χ3n) is 7.50. The molecule has 198 valence electrons. The van der Waals surface area contributed by atoms with Gasteiger partial charge in [0.15, 0.2) is 5.82 Å². The summed E-state index contributed by atoms with van der Waals surface area (Å²) < 4.78 is 17.3. The zero-order valence-corrected chi connectivity index (χ0v) is 22.0.